The summed E-state index contributed by atoms with van der Waals surface area (Å²) in [6, 6.07) is 0. The number of ether oxygens (including phenoxy) is 2. The quantitative estimate of drug-likeness (QED) is 0.708. The van der Waals surface area contributed by atoms with Gasteiger partial charge in [-0.15, -0.1) is 0 Å². The Morgan fingerprint density at radius 3 is 2.26 bits per heavy atom. The van der Waals surface area contributed by atoms with Crippen LogP contribution >= 0.6 is 0 Å². The summed E-state index contributed by atoms with van der Waals surface area (Å²) in [4.78, 5) is 13.8. The van der Waals surface area contributed by atoms with Crippen molar-refractivity contribution in [2.45, 2.75) is 63.8 Å². The Labute approximate surface area is 138 Å². The van der Waals surface area contributed by atoms with Crippen LogP contribution in [0.2, 0.25) is 0 Å². The molecule has 8 heteroatoms. The van der Waals surface area contributed by atoms with Gasteiger partial charge in [0.05, 0.1) is 18.5 Å². The molecule has 0 N–H and O–H groups in total. The lowest BCUT2D eigenvalue weighted by atomic mass is 9.84. The second kappa shape index (κ2) is 6.57. The first-order chi connectivity index (χ1) is 10.5. The zero-order valence-electron chi connectivity index (χ0n) is 14.3. The van der Waals surface area contributed by atoms with Crippen LogP contribution in [0, 0.1) is 0 Å². The fourth-order valence-corrected chi connectivity index (χ4v) is 3.64. The number of rotatable bonds is 2. The van der Waals surface area contributed by atoms with E-state index < -0.39 is 21.8 Å². The summed E-state index contributed by atoms with van der Waals surface area (Å²) < 4.78 is 38.6. The molecular weight excluding hydrogens is 322 g/mol. The molecule has 23 heavy (non-hydrogen) atoms. The Morgan fingerprint density at radius 2 is 1.83 bits per heavy atom. The second-order valence-corrected chi connectivity index (χ2v) is 9.02. The van der Waals surface area contributed by atoms with E-state index in [1.165, 1.54) is 0 Å². The summed E-state index contributed by atoms with van der Waals surface area (Å²) in [5, 5.41) is 0. The van der Waals surface area contributed by atoms with Crippen LogP contribution in [0.1, 0.15) is 46.5 Å². The van der Waals surface area contributed by atoms with Gasteiger partial charge in [-0.05, 0) is 46.5 Å². The molecule has 0 saturated carbocycles. The van der Waals surface area contributed by atoms with Crippen LogP contribution < -0.4 is 0 Å². The van der Waals surface area contributed by atoms with Gasteiger partial charge in [-0.1, -0.05) is 0 Å². The van der Waals surface area contributed by atoms with Crippen molar-refractivity contribution in [3.05, 3.63) is 0 Å². The van der Waals surface area contributed by atoms with Crippen LogP contribution in [-0.4, -0.2) is 62.7 Å². The number of carbonyl (C=O) groups is 1. The Hall–Kier alpha value is -0.860. The third kappa shape index (κ3) is 5.61. The molecule has 0 aliphatic carbocycles. The minimum atomic E-state index is -3.45. The number of nitrogens with zero attached hydrogens (tertiary/aromatic N) is 1. The van der Waals surface area contributed by atoms with Crippen molar-refractivity contribution in [1.29, 1.82) is 0 Å². The third-order valence-electron chi connectivity index (χ3n) is 4.13. The number of hydrogen-bond donors (Lipinski definition) is 0. The lowest BCUT2D eigenvalue weighted by Crippen LogP contribution is -2.52. The first-order valence-corrected chi connectivity index (χ1v) is 9.80. The average molecular weight is 349 g/mol. The molecule has 1 unspecified atom stereocenters. The minimum absolute atomic E-state index is 0.268. The molecule has 0 radical (unpaired) electrons. The Balaban J connectivity index is 1.82. The van der Waals surface area contributed by atoms with Crippen molar-refractivity contribution < 1.29 is 26.9 Å². The molecule has 1 spiro atoms. The van der Waals surface area contributed by atoms with Gasteiger partial charge in [0.1, 0.15) is 11.7 Å². The number of carbonyl (C=O) groups excluding carboxylic acids is 1. The molecule has 0 aromatic rings. The van der Waals surface area contributed by atoms with Crippen molar-refractivity contribution in [1.82, 2.24) is 4.90 Å². The van der Waals surface area contributed by atoms with E-state index >= 15 is 0 Å². The van der Waals surface area contributed by atoms with E-state index in [0.717, 1.165) is 25.5 Å². The molecule has 134 valence electrons. The predicted octanol–water partition coefficient (Wildman–Crippen LogP) is 1.91. The van der Waals surface area contributed by atoms with Crippen molar-refractivity contribution in [2.75, 3.05) is 26.0 Å². The Morgan fingerprint density at radius 1 is 1.22 bits per heavy atom. The summed E-state index contributed by atoms with van der Waals surface area (Å²) in [6.45, 7) is 7.01. The molecule has 2 rings (SSSR count). The van der Waals surface area contributed by atoms with Gasteiger partial charge in [0.2, 0.25) is 0 Å². The molecule has 0 bridgehead atoms. The summed E-state index contributed by atoms with van der Waals surface area (Å²) in [5.41, 5.74) is -0.764. The largest absolute Gasteiger partial charge is 0.444 e. The molecule has 2 fully saturated rings. The van der Waals surface area contributed by atoms with Crippen LogP contribution in [0.4, 0.5) is 4.79 Å². The maximum Gasteiger partial charge on any atom is 0.410 e. The van der Waals surface area contributed by atoms with Gasteiger partial charge in [0.25, 0.3) is 10.1 Å². The predicted molar refractivity (Wildman–Crippen MR) is 84.7 cm³/mol. The fourth-order valence-electron chi connectivity index (χ4n) is 2.99. The minimum Gasteiger partial charge on any atom is -0.444 e. The standard InChI is InChI=1S/C15H27NO6S/c1-14(2,3)21-13(17)16-9-7-15(8-10-16)6-5-12(11-20-15)22-23(4,18)19/h12H,5-11H2,1-4H3. The molecule has 2 saturated heterocycles. The van der Waals surface area contributed by atoms with E-state index in [2.05, 4.69) is 0 Å². The van der Waals surface area contributed by atoms with Crippen molar-refractivity contribution in [3.8, 4) is 0 Å². The second-order valence-electron chi connectivity index (χ2n) is 7.42. The maximum atomic E-state index is 12.1. The Bertz CT molecular complexity index is 521. The number of piperidine rings is 1. The summed E-state index contributed by atoms with van der Waals surface area (Å²) in [5.74, 6) is 0. The molecule has 1 amide bonds. The number of likely N-dealkylation sites (tertiary alicyclic amines) is 1. The van der Waals surface area contributed by atoms with Crippen molar-refractivity contribution in [3.63, 3.8) is 0 Å². The molecular formula is C15H27NO6S. The van der Waals surface area contributed by atoms with Crippen molar-refractivity contribution >= 4 is 16.2 Å². The fraction of sp³-hybridized carbons (Fsp3) is 0.933. The van der Waals surface area contributed by atoms with E-state index in [9.17, 15) is 13.2 Å². The summed E-state index contributed by atoms with van der Waals surface area (Å²) in [7, 11) is -3.45. The molecule has 0 aromatic carbocycles. The highest BCUT2D eigenvalue weighted by Crippen LogP contribution is 2.36. The van der Waals surface area contributed by atoms with Gasteiger partial charge in [-0.3, -0.25) is 4.18 Å². The monoisotopic (exact) mass is 349 g/mol. The molecule has 2 heterocycles. The topological polar surface area (TPSA) is 82.1 Å². The summed E-state index contributed by atoms with van der Waals surface area (Å²) in [6.07, 6.45) is 3.22. The molecule has 2 aliphatic rings. The summed E-state index contributed by atoms with van der Waals surface area (Å²) >= 11 is 0. The SMILES string of the molecule is CC(C)(C)OC(=O)N1CCC2(CCC(OS(C)(=O)=O)CO2)CC1. The lowest BCUT2D eigenvalue weighted by molar-refractivity contribution is -0.139. The van der Waals surface area contributed by atoms with E-state index in [0.29, 0.717) is 19.5 Å². The van der Waals surface area contributed by atoms with Crippen LogP contribution in [0.5, 0.6) is 0 Å². The van der Waals surface area contributed by atoms with Gasteiger partial charge in [-0.2, -0.15) is 8.42 Å². The van der Waals surface area contributed by atoms with Crippen molar-refractivity contribution in [2.24, 2.45) is 0 Å². The molecule has 0 aromatic heterocycles. The van der Waals surface area contributed by atoms with Crippen LogP contribution in [0.3, 0.4) is 0 Å². The molecule has 7 nitrogen and oxygen atoms in total. The lowest BCUT2D eigenvalue weighted by Gasteiger charge is -2.45. The highest BCUT2D eigenvalue weighted by molar-refractivity contribution is 7.86. The highest BCUT2D eigenvalue weighted by Gasteiger charge is 2.41. The first kappa shape index (κ1) is 18.5. The van der Waals surface area contributed by atoms with E-state index in [1.54, 1.807) is 4.90 Å². The molecule has 2 aliphatic heterocycles. The average Bonchev–Trinajstić information content (AvgIpc) is 2.39. The van der Waals surface area contributed by atoms with E-state index in [4.69, 9.17) is 13.7 Å². The number of hydrogen-bond acceptors (Lipinski definition) is 6. The normalized spacial score (nSPS) is 25.4. The van der Waals surface area contributed by atoms with Gasteiger partial charge in [-0.25, -0.2) is 4.79 Å². The first-order valence-electron chi connectivity index (χ1n) is 7.98. The third-order valence-corrected chi connectivity index (χ3v) is 4.76. The number of amides is 1. The zero-order valence-corrected chi connectivity index (χ0v) is 15.1. The van der Waals surface area contributed by atoms with Gasteiger partial charge < -0.3 is 14.4 Å². The molecule has 1 atom stereocenters. The highest BCUT2D eigenvalue weighted by atomic mass is 32.2. The maximum absolute atomic E-state index is 12.1. The smallest absolute Gasteiger partial charge is 0.410 e. The van der Waals surface area contributed by atoms with Gasteiger partial charge in [0, 0.05) is 13.1 Å². The van der Waals surface area contributed by atoms with E-state index in [-0.39, 0.29) is 18.3 Å². The van der Waals surface area contributed by atoms with Crippen LogP contribution in [0.25, 0.3) is 0 Å². The van der Waals surface area contributed by atoms with Gasteiger partial charge >= 0.3 is 6.09 Å². The van der Waals surface area contributed by atoms with Crippen LogP contribution in [-0.2, 0) is 23.8 Å². The van der Waals surface area contributed by atoms with E-state index in [1.807, 2.05) is 20.8 Å². The van der Waals surface area contributed by atoms with Gasteiger partial charge in [0.15, 0.2) is 0 Å². The zero-order chi connectivity index (χ0) is 17.3. The Kier molecular flexibility index (Phi) is 5.27. The van der Waals surface area contributed by atoms with Crippen LogP contribution in [0.15, 0.2) is 0 Å².